The van der Waals surface area contributed by atoms with Gasteiger partial charge in [-0.15, -0.1) is 10.2 Å². The lowest BCUT2D eigenvalue weighted by atomic mass is 10.3. The maximum atomic E-state index is 11.9. The molecule has 0 bridgehead atoms. The summed E-state index contributed by atoms with van der Waals surface area (Å²) in [6.07, 6.45) is 0.662. The summed E-state index contributed by atoms with van der Waals surface area (Å²) in [6, 6.07) is 6.74. The van der Waals surface area contributed by atoms with E-state index in [-0.39, 0.29) is 12.6 Å². The van der Waals surface area contributed by atoms with Crippen LogP contribution in [-0.4, -0.2) is 36.6 Å². The molecule has 0 aliphatic heterocycles. The lowest BCUT2D eigenvalue weighted by Gasteiger charge is -2.09. The Hall–Kier alpha value is -2.61. The largest absolute Gasteiger partial charge is 0.491 e. The summed E-state index contributed by atoms with van der Waals surface area (Å²) in [5.41, 5.74) is 0.622. The number of rotatable bonds is 8. The van der Waals surface area contributed by atoms with Crippen molar-refractivity contribution in [2.45, 2.75) is 19.9 Å². The number of carbonyl (C=O) groups is 1. The van der Waals surface area contributed by atoms with Crippen LogP contribution >= 0.6 is 0 Å². The van der Waals surface area contributed by atoms with E-state index in [0.29, 0.717) is 42.9 Å². The van der Waals surface area contributed by atoms with E-state index >= 15 is 0 Å². The Morgan fingerprint density at radius 3 is 2.83 bits per heavy atom. The first-order valence-corrected chi connectivity index (χ1v) is 7.29. The number of ether oxygens (including phenoxy) is 2. The third-order valence-corrected chi connectivity index (χ3v) is 2.86. The normalized spacial score (nSPS) is 10.3. The van der Waals surface area contributed by atoms with E-state index in [4.69, 9.17) is 13.9 Å². The van der Waals surface area contributed by atoms with E-state index in [1.54, 1.807) is 25.3 Å². The van der Waals surface area contributed by atoms with Gasteiger partial charge < -0.3 is 24.5 Å². The van der Waals surface area contributed by atoms with Gasteiger partial charge >= 0.3 is 6.03 Å². The Balaban J connectivity index is 1.81. The van der Waals surface area contributed by atoms with Gasteiger partial charge in [0.15, 0.2) is 0 Å². The highest BCUT2D eigenvalue weighted by atomic mass is 16.5. The molecule has 23 heavy (non-hydrogen) atoms. The monoisotopic (exact) mass is 320 g/mol. The zero-order valence-electron chi connectivity index (χ0n) is 13.2. The lowest BCUT2D eigenvalue weighted by molar-refractivity contribution is 0.146. The van der Waals surface area contributed by atoms with Crippen LogP contribution in [0.25, 0.3) is 0 Å². The summed E-state index contributed by atoms with van der Waals surface area (Å²) in [5, 5.41) is 13.0. The molecule has 1 aromatic heterocycles. The van der Waals surface area contributed by atoms with Crippen molar-refractivity contribution in [1.29, 1.82) is 0 Å². The van der Waals surface area contributed by atoms with Gasteiger partial charge in [-0.1, -0.05) is 13.0 Å². The number of benzene rings is 1. The van der Waals surface area contributed by atoms with Crippen molar-refractivity contribution < 1.29 is 18.7 Å². The third-order valence-electron chi connectivity index (χ3n) is 2.86. The number of nitrogens with one attached hydrogen (secondary N) is 2. The Kier molecular flexibility index (Phi) is 6.37. The first kappa shape index (κ1) is 16.8. The summed E-state index contributed by atoms with van der Waals surface area (Å²) in [7, 11) is 1.61. The van der Waals surface area contributed by atoms with Gasteiger partial charge in [0.05, 0.1) is 13.2 Å². The van der Waals surface area contributed by atoms with Crippen molar-refractivity contribution in [3.05, 3.63) is 36.0 Å². The van der Waals surface area contributed by atoms with Crippen molar-refractivity contribution in [2.24, 2.45) is 0 Å². The highest BCUT2D eigenvalue weighted by Gasteiger charge is 2.07. The minimum absolute atomic E-state index is 0.170. The van der Waals surface area contributed by atoms with Gasteiger partial charge in [-0.3, -0.25) is 0 Å². The third kappa shape index (κ3) is 5.59. The summed E-state index contributed by atoms with van der Waals surface area (Å²) in [4.78, 5) is 11.9. The number of aryl methyl sites for hydroxylation is 1. The second-order valence-electron chi connectivity index (χ2n) is 4.62. The van der Waals surface area contributed by atoms with E-state index in [1.165, 1.54) is 0 Å². The molecule has 1 aromatic carbocycles. The van der Waals surface area contributed by atoms with Crippen LogP contribution in [0.15, 0.2) is 28.7 Å². The second kappa shape index (κ2) is 8.74. The number of methoxy groups -OCH3 is 1. The van der Waals surface area contributed by atoms with E-state index in [2.05, 4.69) is 20.8 Å². The minimum atomic E-state index is -0.365. The predicted octanol–water partition coefficient (Wildman–Crippen LogP) is 1.98. The second-order valence-corrected chi connectivity index (χ2v) is 4.62. The fourth-order valence-electron chi connectivity index (χ4n) is 1.74. The average Bonchev–Trinajstić information content (AvgIpc) is 3.02. The van der Waals surface area contributed by atoms with E-state index in [9.17, 15) is 4.79 Å². The summed E-state index contributed by atoms with van der Waals surface area (Å²) in [6.45, 7) is 3.03. The molecule has 0 saturated heterocycles. The predicted molar refractivity (Wildman–Crippen MR) is 83.3 cm³/mol. The SMILES string of the molecule is CCc1nnc(CNC(=O)Nc2cccc(OCCOC)c2)o1. The number of aromatic nitrogens is 2. The summed E-state index contributed by atoms with van der Waals surface area (Å²) < 4.78 is 15.7. The molecule has 0 atom stereocenters. The van der Waals surface area contributed by atoms with E-state index in [1.807, 2.05) is 13.0 Å². The van der Waals surface area contributed by atoms with Crippen LogP contribution in [0, 0.1) is 0 Å². The quantitative estimate of drug-likeness (QED) is 0.722. The highest BCUT2D eigenvalue weighted by molar-refractivity contribution is 5.89. The fraction of sp³-hybridized carbons (Fsp3) is 0.400. The molecule has 0 saturated carbocycles. The van der Waals surface area contributed by atoms with Gasteiger partial charge in [-0.2, -0.15) is 0 Å². The molecule has 0 unspecified atom stereocenters. The maximum absolute atomic E-state index is 11.9. The molecule has 0 spiro atoms. The number of amides is 2. The molecule has 0 radical (unpaired) electrons. The number of carbonyl (C=O) groups excluding carboxylic acids is 1. The van der Waals surface area contributed by atoms with Gasteiger partial charge in [0.2, 0.25) is 11.8 Å². The van der Waals surface area contributed by atoms with Gasteiger partial charge in [0.1, 0.15) is 12.4 Å². The Bertz CT molecular complexity index is 629. The lowest BCUT2D eigenvalue weighted by Crippen LogP contribution is -2.28. The van der Waals surface area contributed by atoms with Crippen LogP contribution in [0.5, 0.6) is 5.75 Å². The zero-order valence-corrected chi connectivity index (χ0v) is 13.2. The molecule has 0 fully saturated rings. The van der Waals surface area contributed by atoms with Crippen molar-refractivity contribution >= 4 is 11.7 Å². The maximum Gasteiger partial charge on any atom is 0.319 e. The first-order chi connectivity index (χ1) is 11.2. The topological polar surface area (TPSA) is 98.5 Å². The molecule has 2 amide bonds. The number of anilines is 1. The molecule has 2 rings (SSSR count). The van der Waals surface area contributed by atoms with Crippen molar-refractivity contribution in [2.75, 3.05) is 25.6 Å². The zero-order chi connectivity index (χ0) is 16.5. The molecular formula is C15H20N4O4. The molecule has 1 heterocycles. The van der Waals surface area contributed by atoms with E-state index < -0.39 is 0 Å². The standard InChI is InChI=1S/C15H20N4O4/c1-3-13-18-19-14(23-13)10-16-15(20)17-11-5-4-6-12(9-11)22-8-7-21-2/h4-6,9H,3,7-8,10H2,1-2H3,(H2,16,17,20). The Morgan fingerprint density at radius 2 is 2.09 bits per heavy atom. The van der Waals surface area contributed by atoms with Crippen LogP contribution in [0.3, 0.4) is 0 Å². The van der Waals surface area contributed by atoms with Crippen LogP contribution in [0.4, 0.5) is 10.5 Å². The summed E-state index contributed by atoms with van der Waals surface area (Å²) >= 11 is 0. The smallest absolute Gasteiger partial charge is 0.319 e. The Labute approximate surface area is 134 Å². The molecule has 8 nitrogen and oxygen atoms in total. The molecule has 0 aliphatic rings. The van der Waals surface area contributed by atoms with Crippen molar-refractivity contribution in [3.63, 3.8) is 0 Å². The van der Waals surface area contributed by atoms with Crippen molar-refractivity contribution in [1.82, 2.24) is 15.5 Å². The molecule has 8 heteroatoms. The molecule has 0 aliphatic carbocycles. The van der Waals surface area contributed by atoms with Crippen LogP contribution in [0.1, 0.15) is 18.7 Å². The fourth-order valence-corrected chi connectivity index (χ4v) is 1.74. The van der Waals surface area contributed by atoms with Crippen LogP contribution in [0.2, 0.25) is 0 Å². The van der Waals surface area contributed by atoms with Crippen LogP contribution < -0.4 is 15.4 Å². The van der Waals surface area contributed by atoms with Gasteiger partial charge in [-0.25, -0.2) is 4.79 Å². The molecule has 2 N–H and O–H groups in total. The first-order valence-electron chi connectivity index (χ1n) is 7.29. The highest BCUT2D eigenvalue weighted by Crippen LogP contribution is 2.17. The average molecular weight is 320 g/mol. The van der Waals surface area contributed by atoms with Crippen LogP contribution in [-0.2, 0) is 17.7 Å². The van der Waals surface area contributed by atoms with Crippen molar-refractivity contribution in [3.8, 4) is 5.75 Å². The summed E-state index contributed by atoms with van der Waals surface area (Å²) in [5.74, 6) is 1.57. The van der Waals surface area contributed by atoms with Gasteiger partial charge in [0, 0.05) is 25.3 Å². The number of nitrogens with zero attached hydrogens (tertiary/aromatic N) is 2. The molecule has 124 valence electrons. The molecule has 2 aromatic rings. The Morgan fingerprint density at radius 1 is 1.26 bits per heavy atom. The molecular weight excluding hydrogens is 300 g/mol. The van der Waals surface area contributed by atoms with Gasteiger partial charge in [0.25, 0.3) is 0 Å². The minimum Gasteiger partial charge on any atom is -0.491 e. The van der Waals surface area contributed by atoms with E-state index in [0.717, 1.165) is 0 Å². The number of hydrogen-bond donors (Lipinski definition) is 2. The number of urea groups is 1. The van der Waals surface area contributed by atoms with Gasteiger partial charge in [-0.05, 0) is 12.1 Å². The number of hydrogen-bond acceptors (Lipinski definition) is 6.